The molecule has 90 valence electrons. The SMILES string of the molecule is CC(C)N(CCO)CC1CCC(C)(C)O1. The molecule has 3 heteroatoms. The summed E-state index contributed by atoms with van der Waals surface area (Å²) in [5.74, 6) is 0. The van der Waals surface area contributed by atoms with Crippen molar-refractivity contribution in [2.75, 3.05) is 19.7 Å². The second-order valence-electron chi connectivity index (χ2n) is 5.35. The lowest BCUT2D eigenvalue weighted by atomic mass is 10.1. The Labute approximate surface area is 93.4 Å². The largest absolute Gasteiger partial charge is 0.395 e. The Hall–Kier alpha value is -0.120. The quantitative estimate of drug-likeness (QED) is 0.757. The van der Waals surface area contributed by atoms with E-state index in [1.165, 1.54) is 0 Å². The summed E-state index contributed by atoms with van der Waals surface area (Å²) in [6, 6.07) is 0.476. The van der Waals surface area contributed by atoms with E-state index in [9.17, 15) is 0 Å². The van der Waals surface area contributed by atoms with Crippen LogP contribution < -0.4 is 0 Å². The zero-order chi connectivity index (χ0) is 11.5. The van der Waals surface area contributed by atoms with Crippen LogP contribution in [-0.2, 0) is 4.74 Å². The highest BCUT2D eigenvalue weighted by Crippen LogP contribution is 2.29. The zero-order valence-electron chi connectivity index (χ0n) is 10.5. The Morgan fingerprint density at radius 2 is 2.13 bits per heavy atom. The molecule has 1 N–H and O–H groups in total. The summed E-state index contributed by atoms with van der Waals surface area (Å²) in [6.07, 6.45) is 2.62. The average Bonchev–Trinajstić information content (AvgIpc) is 2.44. The fraction of sp³-hybridized carbons (Fsp3) is 1.00. The van der Waals surface area contributed by atoms with Crippen LogP contribution in [0.25, 0.3) is 0 Å². The van der Waals surface area contributed by atoms with Gasteiger partial charge in [-0.15, -0.1) is 0 Å². The molecule has 1 fully saturated rings. The van der Waals surface area contributed by atoms with E-state index in [1.54, 1.807) is 0 Å². The standard InChI is InChI=1S/C12H25NO2/c1-10(2)13(7-8-14)9-11-5-6-12(3,4)15-11/h10-11,14H,5-9H2,1-4H3. The van der Waals surface area contributed by atoms with Crippen LogP contribution in [0.3, 0.4) is 0 Å². The molecule has 1 heterocycles. The normalized spacial score (nSPS) is 25.4. The molecule has 1 aliphatic heterocycles. The molecule has 1 atom stereocenters. The summed E-state index contributed by atoms with van der Waals surface area (Å²) in [4.78, 5) is 2.28. The maximum atomic E-state index is 8.98. The molecule has 0 saturated carbocycles. The molecule has 1 rings (SSSR count). The second-order valence-corrected chi connectivity index (χ2v) is 5.35. The first kappa shape index (κ1) is 12.9. The molecule has 1 aliphatic rings. The first-order valence-corrected chi connectivity index (χ1v) is 5.97. The Bertz CT molecular complexity index is 192. The maximum Gasteiger partial charge on any atom is 0.0710 e. The van der Waals surface area contributed by atoms with Gasteiger partial charge in [0.2, 0.25) is 0 Å². The molecule has 0 aliphatic carbocycles. The lowest BCUT2D eigenvalue weighted by Gasteiger charge is -2.29. The number of nitrogens with zero attached hydrogens (tertiary/aromatic N) is 1. The van der Waals surface area contributed by atoms with Gasteiger partial charge in [-0.25, -0.2) is 0 Å². The van der Waals surface area contributed by atoms with E-state index in [0.29, 0.717) is 12.1 Å². The summed E-state index contributed by atoms with van der Waals surface area (Å²) < 4.78 is 5.95. The van der Waals surface area contributed by atoms with Crippen LogP contribution in [-0.4, -0.2) is 47.4 Å². The number of rotatable bonds is 5. The van der Waals surface area contributed by atoms with Crippen molar-refractivity contribution in [2.45, 2.75) is 58.3 Å². The fourth-order valence-electron chi connectivity index (χ4n) is 2.16. The first-order chi connectivity index (χ1) is 6.94. The van der Waals surface area contributed by atoms with Crippen LogP contribution in [0, 0.1) is 0 Å². The Kier molecular flexibility index (Phi) is 4.56. The van der Waals surface area contributed by atoms with Gasteiger partial charge in [0.25, 0.3) is 0 Å². The van der Waals surface area contributed by atoms with Gasteiger partial charge in [0.15, 0.2) is 0 Å². The summed E-state index contributed by atoms with van der Waals surface area (Å²) in [6.45, 7) is 10.6. The number of hydrogen-bond acceptors (Lipinski definition) is 3. The molecule has 0 aromatic carbocycles. The van der Waals surface area contributed by atoms with Crippen molar-refractivity contribution in [1.82, 2.24) is 4.90 Å². The minimum absolute atomic E-state index is 0.0481. The van der Waals surface area contributed by atoms with Gasteiger partial charge in [-0.1, -0.05) is 0 Å². The molecule has 0 aromatic heterocycles. The topological polar surface area (TPSA) is 32.7 Å². The molecule has 15 heavy (non-hydrogen) atoms. The first-order valence-electron chi connectivity index (χ1n) is 5.97. The zero-order valence-corrected chi connectivity index (χ0v) is 10.5. The molecule has 3 nitrogen and oxygen atoms in total. The van der Waals surface area contributed by atoms with Gasteiger partial charge in [0, 0.05) is 19.1 Å². The van der Waals surface area contributed by atoms with E-state index in [1.807, 2.05) is 0 Å². The van der Waals surface area contributed by atoms with Gasteiger partial charge in [0.05, 0.1) is 18.3 Å². The van der Waals surface area contributed by atoms with Crippen LogP contribution in [0.1, 0.15) is 40.5 Å². The summed E-state index contributed by atoms with van der Waals surface area (Å²) >= 11 is 0. The van der Waals surface area contributed by atoms with E-state index in [4.69, 9.17) is 9.84 Å². The van der Waals surface area contributed by atoms with Crippen molar-refractivity contribution >= 4 is 0 Å². The van der Waals surface area contributed by atoms with E-state index in [0.717, 1.165) is 25.9 Å². The summed E-state index contributed by atoms with van der Waals surface area (Å²) in [5, 5.41) is 8.98. The monoisotopic (exact) mass is 215 g/mol. The number of aliphatic hydroxyl groups excluding tert-OH is 1. The lowest BCUT2D eigenvalue weighted by Crippen LogP contribution is -2.40. The van der Waals surface area contributed by atoms with Crippen LogP contribution in [0.15, 0.2) is 0 Å². The highest BCUT2D eigenvalue weighted by Gasteiger charge is 2.32. The van der Waals surface area contributed by atoms with Crippen molar-refractivity contribution in [3.8, 4) is 0 Å². The summed E-state index contributed by atoms with van der Waals surface area (Å²) in [7, 11) is 0. The maximum absolute atomic E-state index is 8.98. The minimum Gasteiger partial charge on any atom is -0.395 e. The van der Waals surface area contributed by atoms with Gasteiger partial charge >= 0.3 is 0 Å². The number of hydrogen-bond donors (Lipinski definition) is 1. The minimum atomic E-state index is 0.0481. The van der Waals surface area contributed by atoms with Crippen LogP contribution in [0.2, 0.25) is 0 Å². The number of aliphatic hydroxyl groups is 1. The predicted molar refractivity (Wildman–Crippen MR) is 62.0 cm³/mol. The number of ether oxygens (including phenoxy) is 1. The van der Waals surface area contributed by atoms with E-state index < -0.39 is 0 Å². The highest BCUT2D eigenvalue weighted by molar-refractivity contribution is 4.83. The molecule has 1 saturated heterocycles. The van der Waals surface area contributed by atoms with Crippen molar-refractivity contribution in [3.05, 3.63) is 0 Å². The highest BCUT2D eigenvalue weighted by atomic mass is 16.5. The third-order valence-corrected chi connectivity index (χ3v) is 3.11. The van der Waals surface area contributed by atoms with Crippen molar-refractivity contribution in [3.63, 3.8) is 0 Å². The molecule has 1 unspecified atom stereocenters. The smallest absolute Gasteiger partial charge is 0.0710 e. The van der Waals surface area contributed by atoms with Crippen LogP contribution in [0.4, 0.5) is 0 Å². The molecular weight excluding hydrogens is 190 g/mol. The molecular formula is C12H25NO2. The fourth-order valence-corrected chi connectivity index (χ4v) is 2.16. The van der Waals surface area contributed by atoms with Crippen LogP contribution in [0.5, 0.6) is 0 Å². The van der Waals surface area contributed by atoms with E-state index in [2.05, 4.69) is 32.6 Å². The Balaban J connectivity index is 2.39. The lowest BCUT2D eigenvalue weighted by molar-refractivity contribution is -0.0336. The van der Waals surface area contributed by atoms with Gasteiger partial charge in [-0.05, 0) is 40.5 Å². The molecule has 0 amide bonds. The molecule has 0 aromatic rings. The third-order valence-electron chi connectivity index (χ3n) is 3.11. The average molecular weight is 215 g/mol. The predicted octanol–water partition coefficient (Wildman–Crippen LogP) is 1.65. The molecule has 0 bridgehead atoms. The van der Waals surface area contributed by atoms with E-state index in [-0.39, 0.29) is 12.2 Å². The summed E-state index contributed by atoms with van der Waals surface area (Å²) in [5.41, 5.74) is 0.0481. The van der Waals surface area contributed by atoms with Crippen molar-refractivity contribution in [2.24, 2.45) is 0 Å². The van der Waals surface area contributed by atoms with Crippen molar-refractivity contribution < 1.29 is 9.84 Å². The van der Waals surface area contributed by atoms with Gasteiger partial charge in [0.1, 0.15) is 0 Å². The second kappa shape index (κ2) is 5.28. The van der Waals surface area contributed by atoms with E-state index >= 15 is 0 Å². The Morgan fingerprint density at radius 3 is 2.53 bits per heavy atom. The van der Waals surface area contributed by atoms with Gasteiger partial charge in [-0.3, -0.25) is 4.90 Å². The Morgan fingerprint density at radius 1 is 1.47 bits per heavy atom. The molecule has 0 spiro atoms. The van der Waals surface area contributed by atoms with Gasteiger partial charge < -0.3 is 9.84 Å². The van der Waals surface area contributed by atoms with Gasteiger partial charge in [-0.2, -0.15) is 0 Å². The van der Waals surface area contributed by atoms with Crippen molar-refractivity contribution in [1.29, 1.82) is 0 Å². The third kappa shape index (κ3) is 4.09. The van der Waals surface area contributed by atoms with Crippen LogP contribution >= 0.6 is 0 Å². The molecule has 0 radical (unpaired) electrons.